The summed E-state index contributed by atoms with van der Waals surface area (Å²) in [7, 11) is 0. The summed E-state index contributed by atoms with van der Waals surface area (Å²) in [5.41, 5.74) is 3.63. The molecule has 35 heavy (non-hydrogen) atoms. The molecule has 2 amide bonds. The van der Waals surface area contributed by atoms with Gasteiger partial charge in [0, 0.05) is 24.3 Å². The number of carbonyl (C=O) groups excluding carboxylic acids is 2. The maximum absolute atomic E-state index is 13.9. The Labute approximate surface area is 200 Å². The van der Waals surface area contributed by atoms with Gasteiger partial charge in [-0.3, -0.25) is 9.59 Å². The van der Waals surface area contributed by atoms with Crippen LogP contribution in [0.5, 0.6) is 0 Å². The second kappa shape index (κ2) is 9.52. The number of nitrogens with zero attached hydrogens (tertiary/aromatic N) is 1. The van der Waals surface area contributed by atoms with Crippen molar-refractivity contribution in [1.82, 2.24) is 4.90 Å². The Morgan fingerprint density at radius 2 is 1.74 bits per heavy atom. The van der Waals surface area contributed by atoms with Gasteiger partial charge in [-0.1, -0.05) is 36.4 Å². The average Bonchev–Trinajstić information content (AvgIpc) is 2.79. The Morgan fingerprint density at radius 3 is 2.43 bits per heavy atom. The number of anilines is 1. The molecule has 0 bridgehead atoms. The maximum Gasteiger partial charge on any atom is 0.419 e. The van der Waals surface area contributed by atoms with E-state index in [1.54, 1.807) is 11.0 Å². The molecule has 0 fully saturated rings. The first-order chi connectivity index (χ1) is 16.5. The molecule has 0 saturated heterocycles. The summed E-state index contributed by atoms with van der Waals surface area (Å²) in [6.45, 7) is 4.62. The molecular weight excluding hydrogens is 460 g/mol. The van der Waals surface area contributed by atoms with Crippen molar-refractivity contribution in [3.05, 3.63) is 99.4 Å². The third-order valence-electron chi connectivity index (χ3n) is 6.24. The Kier molecular flexibility index (Phi) is 6.65. The van der Waals surface area contributed by atoms with Crippen molar-refractivity contribution in [3.63, 3.8) is 0 Å². The van der Waals surface area contributed by atoms with Gasteiger partial charge in [0.2, 0.25) is 5.91 Å². The number of hydrogen-bond acceptors (Lipinski definition) is 2. The largest absolute Gasteiger partial charge is 0.419 e. The quantitative estimate of drug-likeness (QED) is 0.473. The van der Waals surface area contributed by atoms with Crippen LogP contribution in [-0.2, 0) is 30.4 Å². The Balaban J connectivity index is 1.50. The standard InChI is InChI=1S/C27H24F4N2O2/c1-16-5-3-4-6-20(16)26(35)33-12-11-21-19(15-33)9-7-17(2)25(21)32-24(34)14-18-8-10-22(23(28)13-18)27(29,30)31/h3-10,13H,11-12,14-15H2,1-2H3,(H,32,34). The Bertz CT molecular complexity index is 1300. The van der Waals surface area contributed by atoms with E-state index < -0.39 is 23.5 Å². The minimum absolute atomic E-state index is 0.0516. The molecule has 0 unspecified atom stereocenters. The van der Waals surface area contributed by atoms with E-state index in [0.29, 0.717) is 36.8 Å². The predicted octanol–water partition coefficient (Wildman–Crippen LogP) is 5.84. The molecule has 182 valence electrons. The molecule has 8 heteroatoms. The van der Waals surface area contributed by atoms with Gasteiger partial charge in [-0.2, -0.15) is 13.2 Å². The van der Waals surface area contributed by atoms with E-state index in [-0.39, 0.29) is 17.9 Å². The zero-order valence-corrected chi connectivity index (χ0v) is 19.3. The monoisotopic (exact) mass is 484 g/mol. The van der Waals surface area contributed by atoms with Gasteiger partial charge in [0.25, 0.3) is 5.91 Å². The van der Waals surface area contributed by atoms with Crippen molar-refractivity contribution in [3.8, 4) is 0 Å². The lowest BCUT2D eigenvalue weighted by Gasteiger charge is -2.31. The van der Waals surface area contributed by atoms with Crippen LogP contribution in [0.2, 0.25) is 0 Å². The van der Waals surface area contributed by atoms with Crippen molar-refractivity contribution in [2.24, 2.45) is 0 Å². The highest BCUT2D eigenvalue weighted by molar-refractivity contribution is 5.96. The third kappa shape index (κ3) is 5.21. The molecule has 0 saturated carbocycles. The van der Waals surface area contributed by atoms with Crippen LogP contribution in [0, 0.1) is 19.7 Å². The number of benzene rings is 3. The van der Waals surface area contributed by atoms with Crippen LogP contribution in [0.25, 0.3) is 0 Å². The van der Waals surface area contributed by atoms with E-state index in [0.717, 1.165) is 34.4 Å². The highest BCUT2D eigenvalue weighted by Crippen LogP contribution is 2.32. The number of carbonyl (C=O) groups is 2. The van der Waals surface area contributed by atoms with Gasteiger partial charge in [-0.15, -0.1) is 0 Å². The summed E-state index contributed by atoms with van der Waals surface area (Å²) in [5.74, 6) is -1.92. The van der Waals surface area contributed by atoms with Crippen LogP contribution in [0.4, 0.5) is 23.2 Å². The van der Waals surface area contributed by atoms with Gasteiger partial charge in [0.15, 0.2) is 0 Å². The van der Waals surface area contributed by atoms with Crippen LogP contribution >= 0.6 is 0 Å². The first-order valence-corrected chi connectivity index (χ1v) is 11.2. The summed E-state index contributed by atoms with van der Waals surface area (Å²) in [6.07, 6.45) is -4.52. The number of alkyl halides is 3. The molecule has 1 aliphatic rings. The van der Waals surface area contributed by atoms with Crippen molar-refractivity contribution in [2.45, 2.75) is 39.4 Å². The number of aryl methyl sites for hydroxylation is 2. The van der Waals surface area contributed by atoms with Gasteiger partial charge < -0.3 is 10.2 Å². The van der Waals surface area contributed by atoms with E-state index in [2.05, 4.69) is 5.32 Å². The van der Waals surface area contributed by atoms with Gasteiger partial charge in [-0.25, -0.2) is 4.39 Å². The van der Waals surface area contributed by atoms with Crippen molar-refractivity contribution < 1.29 is 27.2 Å². The Morgan fingerprint density at radius 1 is 1.00 bits per heavy atom. The smallest absolute Gasteiger partial charge is 0.334 e. The Hall–Kier alpha value is -3.68. The fourth-order valence-corrected chi connectivity index (χ4v) is 4.37. The lowest BCUT2D eigenvalue weighted by atomic mass is 9.94. The van der Waals surface area contributed by atoms with Gasteiger partial charge in [-0.05, 0) is 66.3 Å². The van der Waals surface area contributed by atoms with E-state index in [4.69, 9.17) is 0 Å². The number of fused-ring (bicyclic) bond motifs is 1. The average molecular weight is 484 g/mol. The SMILES string of the molecule is Cc1ccccc1C(=O)N1CCc2c(ccc(C)c2NC(=O)Cc2ccc(C(F)(F)F)c(F)c2)C1. The zero-order valence-electron chi connectivity index (χ0n) is 19.3. The summed E-state index contributed by atoms with van der Waals surface area (Å²) >= 11 is 0. The number of rotatable bonds is 4. The number of hydrogen-bond donors (Lipinski definition) is 1. The molecule has 0 aliphatic carbocycles. The second-order valence-corrected chi connectivity index (χ2v) is 8.72. The molecule has 1 aliphatic heterocycles. The maximum atomic E-state index is 13.9. The minimum atomic E-state index is -4.79. The number of halogens is 4. The first kappa shape index (κ1) is 24.4. The van der Waals surface area contributed by atoms with E-state index in [1.165, 1.54) is 0 Å². The lowest BCUT2D eigenvalue weighted by molar-refractivity contribution is -0.140. The molecular formula is C27H24F4N2O2. The van der Waals surface area contributed by atoms with Crippen LogP contribution < -0.4 is 5.32 Å². The third-order valence-corrected chi connectivity index (χ3v) is 6.24. The fourth-order valence-electron chi connectivity index (χ4n) is 4.37. The molecule has 1 N–H and O–H groups in total. The van der Waals surface area contributed by atoms with Gasteiger partial charge in [0.1, 0.15) is 5.82 Å². The molecule has 1 heterocycles. The van der Waals surface area contributed by atoms with Crippen LogP contribution in [0.15, 0.2) is 54.6 Å². The summed E-state index contributed by atoms with van der Waals surface area (Å²) < 4.78 is 52.2. The van der Waals surface area contributed by atoms with Crippen LogP contribution in [0.3, 0.4) is 0 Å². The van der Waals surface area contributed by atoms with Gasteiger partial charge in [0.05, 0.1) is 12.0 Å². The van der Waals surface area contributed by atoms with E-state index >= 15 is 0 Å². The number of amides is 2. The molecule has 4 rings (SSSR count). The fraction of sp³-hybridized carbons (Fsp3) is 0.259. The molecule has 3 aromatic carbocycles. The van der Waals surface area contributed by atoms with E-state index in [1.807, 2.05) is 44.2 Å². The van der Waals surface area contributed by atoms with Crippen LogP contribution in [0.1, 0.15) is 43.7 Å². The van der Waals surface area contributed by atoms with Crippen molar-refractivity contribution in [2.75, 3.05) is 11.9 Å². The summed E-state index contributed by atoms with van der Waals surface area (Å²) in [6, 6.07) is 13.7. The van der Waals surface area contributed by atoms with Crippen molar-refractivity contribution >= 4 is 17.5 Å². The van der Waals surface area contributed by atoms with Crippen molar-refractivity contribution in [1.29, 1.82) is 0 Å². The topological polar surface area (TPSA) is 49.4 Å². The van der Waals surface area contributed by atoms with Gasteiger partial charge >= 0.3 is 6.18 Å². The zero-order chi connectivity index (χ0) is 25.3. The highest BCUT2D eigenvalue weighted by atomic mass is 19.4. The van der Waals surface area contributed by atoms with Crippen LogP contribution in [-0.4, -0.2) is 23.3 Å². The lowest BCUT2D eigenvalue weighted by Crippen LogP contribution is -2.36. The molecule has 0 spiro atoms. The predicted molar refractivity (Wildman–Crippen MR) is 125 cm³/mol. The molecule has 0 aromatic heterocycles. The molecule has 4 nitrogen and oxygen atoms in total. The molecule has 3 aromatic rings. The summed E-state index contributed by atoms with van der Waals surface area (Å²) in [5, 5.41) is 2.85. The highest BCUT2D eigenvalue weighted by Gasteiger charge is 2.34. The first-order valence-electron chi connectivity index (χ1n) is 11.2. The van der Waals surface area contributed by atoms with E-state index in [9.17, 15) is 27.2 Å². The molecule has 0 radical (unpaired) electrons. The molecule has 0 atom stereocenters. The normalized spacial score (nSPS) is 13.4. The number of nitrogens with one attached hydrogen (secondary N) is 1. The summed E-state index contributed by atoms with van der Waals surface area (Å²) in [4.78, 5) is 27.5. The second-order valence-electron chi connectivity index (χ2n) is 8.72. The minimum Gasteiger partial charge on any atom is -0.334 e.